The average molecular weight is 222 g/mol. The third kappa shape index (κ3) is 1.48. The van der Waals surface area contributed by atoms with Crippen LogP contribution in [0.2, 0.25) is 0 Å². The van der Waals surface area contributed by atoms with E-state index in [1.165, 1.54) is 10.4 Å². The highest BCUT2D eigenvalue weighted by Crippen LogP contribution is 2.35. The molecule has 1 aromatic heterocycles. The van der Waals surface area contributed by atoms with Gasteiger partial charge in [-0.3, -0.25) is 4.79 Å². The van der Waals surface area contributed by atoms with Gasteiger partial charge >= 0.3 is 0 Å². The number of thiophene rings is 1. The summed E-state index contributed by atoms with van der Waals surface area (Å²) in [5.41, 5.74) is 6.73. The highest BCUT2D eigenvalue weighted by Gasteiger charge is 2.48. The maximum atomic E-state index is 12.0. The van der Waals surface area contributed by atoms with Gasteiger partial charge < -0.3 is 10.6 Å². The molecule has 0 bridgehead atoms. The minimum absolute atomic E-state index is 0.152. The Balaban J connectivity index is 1.78. The van der Waals surface area contributed by atoms with E-state index in [1.807, 2.05) is 4.90 Å². The summed E-state index contributed by atoms with van der Waals surface area (Å²) in [5.74, 6) is 0.152. The predicted molar refractivity (Wildman–Crippen MR) is 59.6 cm³/mol. The van der Waals surface area contributed by atoms with Gasteiger partial charge in [0.1, 0.15) is 0 Å². The summed E-state index contributed by atoms with van der Waals surface area (Å²) in [6.45, 7) is 1.60. The molecule has 3 rings (SSSR count). The van der Waals surface area contributed by atoms with Crippen LogP contribution in [0.5, 0.6) is 0 Å². The molecule has 1 fully saturated rings. The van der Waals surface area contributed by atoms with Crippen molar-refractivity contribution in [2.45, 2.75) is 31.3 Å². The van der Waals surface area contributed by atoms with Gasteiger partial charge in [0.2, 0.25) is 5.91 Å². The lowest BCUT2D eigenvalue weighted by atomic mass is 10.1. The second-order valence-electron chi connectivity index (χ2n) is 4.50. The summed E-state index contributed by atoms with van der Waals surface area (Å²) in [5, 5.41) is 2.11. The van der Waals surface area contributed by atoms with Crippen LogP contribution in [-0.4, -0.2) is 22.9 Å². The molecule has 2 aliphatic rings. The van der Waals surface area contributed by atoms with Gasteiger partial charge in [-0.15, -0.1) is 11.3 Å². The topological polar surface area (TPSA) is 46.3 Å². The zero-order chi connectivity index (χ0) is 10.5. The van der Waals surface area contributed by atoms with Crippen LogP contribution >= 0.6 is 11.3 Å². The SMILES string of the molecule is NC1(C(=O)N2CCc3sccc3C2)CC1. The molecule has 15 heavy (non-hydrogen) atoms. The fraction of sp³-hybridized carbons (Fsp3) is 0.545. The molecule has 0 unspecified atom stereocenters. The Morgan fingerprint density at radius 2 is 2.33 bits per heavy atom. The van der Waals surface area contributed by atoms with Crippen LogP contribution in [0, 0.1) is 0 Å². The van der Waals surface area contributed by atoms with Crippen molar-refractivity contribution in [3.63, 3.8) is 0 Å². The fourth-order valence-electron chi connectivity index (χ4n) is 2.09. The summed E-state index contributed by atoms with van der Waals surface area (Å²) in [7, 11) is 0. The van der Waals surface area contributed by atoms with Gasteiger partial charge in [0.15, 0.2) is 0 Å². The van der Waals surface area contributed by atoms with Crippen LogP contribution in [0.1, 0.15) is 23.3 Å². The van der Waals surface area contributed by atoms with E-state index in [-0.39, 0.29) is 5.91 Å². The van der Waals surface area contributed by atoms with E-state index in [0.717, 1.165) is 32.4 Å². The average Bonchev–Trinajstić information content (AvgIpc) is 2.82. The molecule has 0 aromatic carbocycles. The Bertz CT molecular complexity index is 408. The van der Waals surface area contributed by atoms with Gasteiger partial charge in [0, 0.05) is 18.0 Å². The highest BCUT2D eigenvalue weighted by atomic mass is 32.1. The lowest BCUT2D eigenvalue weighted by molar-refractivity contribution is -0.134. The van der Waals surface area contributed by atoms with E-state index in [0.29, 0.717) is 0 Å². The van der Waals surface area contributed by atoms with Gasteiger partial charge in [-0.1, -0.05) is 0 Å². The third-order valence-electron chi connectivity index (χ3n) is 3.31. The molecule has 1 aliphatic carbocycles. The first kappa shape index (κ1) is 9.36. The van der Waals surface area contributed by atoms with Crippen LogP contribution in [-0.2, 0) is 17.8 Å². The highest BCUT2D eigenvalue weighted by molar-refractivity contribution is 7.10. The Hall–Kier alpha value is -0.870. The van der Waals surface area contributed by atoms with E-state index in [1.54, 1.807) is 11.3 Å². The Morgan fingerprint density at radius 1 is 1.53 bits per heavy atom. The smallest absolute Gasteiger partial charge is 0.242 e. The number of amides is 1. The van der Waals surface area contributed by atoms with Crippen molar-refractivity contribution in [1.29, 1.82) is 0 Å². The van der Waals surface area contributed by atoms with Gasteiger partial charge in [-0.05, 0) is 36.3 Å². The minimum Gasteiger partial charge on any atom is -0.336 e. The largest absolute Gasteiger partial charge is 0.336 e. The molecule has 0 atom stereocenters. The summed E-state index contributed by atoms with van der Waals surface area (Å²) in [6.07, 6.45) is 2.71. The van der Waals surface area contributed by atoms with Gasteiger partial charge in [0.25, 0.3) is 0 Å². The number of nitrogens with zero attached hydrogens (tertiary/aromatic N) is 1. The molecular formula is C11H14N2OS. The van der Waals surface area contributed by atoms with Crippen LogP contribution < -0.4 is 5.73 Å². The van der Waals surface area contributed by atoms with Crippen molar-refractivity contribution in [3.8, 4) is 0 Å². The zero-order valence-corrected chi connectivity index (χ0v) is 9.35. The van der Waals surface area contributed by atoms with Crippen molar-refractivity contribution in [2.75, 3.05) is 6.54 Å². The number of rotatable bonds is 1. The minimum atomic E-state index is -0.506. The molecular weight excluding hydrogens is 208 g/mol. The molecule has 80 valence electrons. The number of hydrogen-bond donors (Lipinski definition) is 1. The summed E-state index contributed by atoms with van der Waals surface area (Å²) in [6, 6.07) is 2.12. The molecule has 1 aliphatic heterocycles. The molecule has 3 nitrogen and oxygen atoms in total. The predicted octanol–water partition coefficient (Wildman–Crippen LogP) is 1.12. The standard InChI is InChI=1S/C11H14N2OS/c12-11(3-4-11)10(14)13-5-1-9-8(7-13)2-6-15-9/h2,6H,1,3-5,7,12H2. The maximum Gasteiger partial charge on any atom is 0.242 e. The second-order valence-corrected chi connectivity index (χ2v) is 5.50. The molecule has 0 radical (unpaired) electrons. The molecule has 4 heteroatoms. The molecule has 1 amide bonds. The van der Waals surface area contributed by atoms with Gasteiger partial charge in [-0.2, -0.15) is 0 Å². The van der Waals surface area contributed by atoms with Crippen LogP contribution in [0.3, 0.4) is 0 Å². The first-order valence-electron chi connectivity index (χ1n) is 5.32. The van der Waals surface area contributed by atoms with Crippen LogP contribution in [0.15, 0.2) is 11.4 Å². The summed E-state index contributed by atoms with van der Waals surface area (Å²) < 4.78 is 0. The van der Waals surface area contributed by atoms with Crippen molar-refractivity contribution in [2.24, 2.45) is 5.73 Å². The first-order chi connectivity index (χ1) is 7.19. The van der Waals surface area contributed by atoms with Crippen LogP contribution in [0.4, 0.5) is 0 Å². The number of carbonyl (C=O) groups is 1. The van der Waals surface area contributed by atoms with E-state index in [9.17, 15) is 4.79 Å². The fourth-order valence-corrected chi connectivity index (χ4v) is 2.97. The lowest BCUT2D eigenvalue weighted by Crippen LogP contribution is -2.47. The second kappa shape index (κ2) is 3.06. The normalized spacial score (nSPS) is 22.3. The van der Waals surface area contributed by atoms with Crippen molar-refractivity contribution < 1.29 is 4.79 Å². The van der Waals surface area contributed by atoms with Crippen molar-refractivity contribution >= 4 is 17.2 Å². The monoisotopic (exact) mass is 222 g/mol. The molecule has 2 heterocycles. The Labute approximate surface area is 92.9 Å². The van der Waals surface area contributed by atoms with E-state index < -0.39 is 5.54 Å². The lowest BCUT2D eigenvalue weighted by Gasteiger charge is -2.29. The zero-order valence-electron chi connectivity index (χ0n) is 8.53. The number of hydrogen-bond acceptors (Lipinski definition) is 3. The van der Waals surface area contributed by atoms with E-state index in [4.69, 9.17) is 5.73 Å². The van der Waals surface area contributed by atoms with Crippen molar-refractivity contribution in [3.05, 3.63) is 21.9 Å². The molecule has 1 aromatic rings. The molecule has 2 N–H and O–H groups in total. The van der Waals surface area contributed by atoms with Crippen LogP contribution in [0.25, 0.3) is 0 Å². The number of carbonyl (C=O) groups excluding carboxylic acids is 1. The summed E-state index contributed by atoms with van der Waals surface area (Å²) in [4.78, 5) is 15.4. The Morgan fingerprint density at radius 3 is 3.07 bits per heavy atom. The maximum absolute atomic E-state index is 12.0. The van der Waals surface area contributed by atoms with Crippen molar-refractivity contribution in [1.82, 2.24) is 4.90 Å². The number of nitrogens with two attached hydrogens (primary N) is 1. The van der Waals surface area contributed by atoms with E-state index in [2.05, 4.69) is 11.4 Å². The molecule has 0 spiro atoms. The van der Waals surface area contributed by atoms with E-state index >= 15 is 0 Å². The molecule has 1 saturated carbocycles. The Kier molecular flexibility index (Phi) is 1.91. The number of fused-ring (bicyclic) bond motifs is 1. The van der Waals surface area contributed by atoms with Gasteiger partial charge in [-0.25, -0.2) is 0 Å². The van der Waals surface area contributed by atoms with Gasteiger partial charge in [0.05, 0.1) is 5.54 Å². The summed E-state index contributed by atoms with van der Waals surface area (Å²) >= 11 is 1.79. The first-order valence-corrected chi connectivity index (χ1v) is 6.20. The third-order valence-corrected chi connectivity index (χ3v) is 4.33. The quantitative estimate of drug-likeness (QED) is 0.774. The molecule has 0 saturated heterocycles.